The molecule has 0 aliphatic carbocycles. The first-order chi connectivity index (χ1) is 17.3. The van der Waals surface area contributed by atoms with Gasteiger partial charge in [-0.15, -0.1) is 0 Å². The van der Waals surface area contributed by atoms with Gasteiger partial charge in [0.1, 0.15) is 35.1 Å². The maximum Gasteiger partial charge on any atom is 0.342 e. The Morgan fingerprint density at radius 1 is 1.17 bits per heavy atom. The maximum atomic E-state index is 12.9. The summed E-state index contributed by atoms with van der Waals surface area (Å²) >= 11 is 0. The third kappa shape index (κ3) is 7.40. The number of pyridine rings is 1. The molecule has 0 bridgehead atoms. The molecule has 0 amide bonds. The number of nitrogens with zero attached hydrogens (tertiary/aromatic N) is 1. The van der Waals surface area contributed by atoms with Crippen molar-refractivity contribution in [3.05, 3.63) is 65.9 Å². The summed E-state index contributed by atoms with van der Waals surface area (Å²) in [7, 11) is 0. The molecule has 3 rings (SSSR count). The number of phenols is 1. The number of fused-ring (bicyclic) bond motifs is 1. The Morgan fingerprint density at radius 3 is 2.72 bits per heavy atom. The van der Waals surface area contributed by atoms with Crippen molar-refractivity contribution in [2.24, 2.45) is 5.92 Å². The second kappa shape index (κ2) is 12.9. The third-order valence-corrected chi connectivity index (χ3v) is 5.81. The van der Waals surface area contributed by atoms with Gasteiger partial charge in [0.25, 0.3) is 0 Å². The first-order valence-electron chi connectivity index (χ1n) is 11.9. The van der Waals surface area contributed by atoms with Crippen LogP contribution in [0.25, 0.3) is 6.08 Å². The zero-order valence-electron chi connectivity index (χ0n) is 20.3. The lowest BCUT2D eigenvalue weighted by Gasteiger charge is -2.20. The number of aromatic hydroxyl groups is 1. The SMILES string of the molecule is C[C@@H]1/C=C\C(=O)[C@@H](O)[C@@H](O)C/C=C/c2cc(OCCCNc3ccccn3)cc(O)c2C(=O)O[C@H]1C. The van der Waals surface area contributed by atoms with E-state index in [1.54, 1.807) is 26.1 Å². The molecule has 1 aromatic heterocycles. The van der Waals surface area contributed by atoms with Crippen molar-refractivity contribution in [1.29, 1.82) is 0 Å². The van der Waals surface area contributed by atoms with Crippen LogP contribution in [0.3, 0.4) is 0 Å². The Hall–Kier alpha value is -3.69. The predicted octanol–water partition coefficient (Wildman–Crippen LogP) is 3.11. The lowest BCUT2D eigenvalue weighted by molar-refractivity contribution is -0.127. The number of benzene rings is 1. The van der Waals surface area contributed by atoms with Crippen LogP contribution < -0.4 is 10.1 Å². The zero-order chi connectivity index (χ0) is 26.1. The maximum absolute atomic E-state index is 12.9. The van der Waals surface area contributed by atoms with E-state index in [4.69, 9.17) is 9.47 Å². The first-order valence-corrected chi connectivity index (χ1v) is 11.9. The van der Waals surface area contributed by atoms with Crippen molar-refractivity contribution in [3.63, 3.8) is 0 Å². The van der Waals surface area contributed by atoms with Gasteiger partial charge in [0.05, 0.1) is 12.7 Å². The highest BCUT2D eigenvalue weighted by Crippen LogP contribution is 2.31. The lowest BCUT2D eigenvalue weighted by Crippen LogP contribution is -2.32. The van der Waals surface area contributed by atoms with Gasteiger partial charge in [0.15, 0.2) is 5.78 Å². The van der Waals surface area contributed by atoms with Gasteiger partial charge in [-0.05, 0) is 49.6 Å². The van der Waals surface area contributed by atoms with Crippen molar-refractivity contribution in [3.8, 4) is 11.5 Å². The zero-order valence-corrected chi connectivity index (χ0v) is 20.3. The highest BCUT2D eigenvalue weighted by Gasteiger charge is 2.25. The average Bonchev–Trinajstić information content (AvgIpc) is 2.86. The summed E-state index contributed by atoms with van der Waals surface area (Å²) in [6, 6.07) is 8.53. The summed E-state index contributed by atoms with van der Waals surface area (Å²) in [5.74, 6) is -0.906. The number of anilines is 1. The minimum absolute atomic E-state index is 0.0402. The van der Waals surface area contributed by atoms with Crippen LogP contribution >= 0.6 is 0 Å². The summed E-state index contributed by atoms with van der Waals surface area (Å²) < 4.78 is 11.3. The van der Waals surface area contributed by atoms with Crippen molar-refractivity contribution in [1.82, 2.24) is 4.98 Å². The molecule has 1 aliphatic rings. The first kappa shape index (κ1) is 26.9. The average molecular weight is 497 g/mol. The summed E-state index contributed by atoms with van der Waals surface area (Å²) in [4.78, 5) is 29.3. The second-order valence-corrected chi connectivity index (χ2v) is 8.63. The van der Waals surface area contributed by atoms with Crippen LogP contribution in [0, 0.1) is 5.92 Å². The van der Waals surface area contributed by atoms with Gasteiger partial charge in [0.2, 0.25) is 0 Å². The van der Waals surface area contributed by atoms with Crippen LogP contribution in [0.15, 0.2) is 54.8 Å². The number of nitrogens with one attached hydrogen (secondary N) is 1. The monoisotopic (exact) mass is 496 g/mol. The number of cyclic esters (lactones) is 1. The molecule has 0 unspecified atom stereocenters. The van der Waals surface area contributed by atoms with E-state index in [0.717, 1.165) is 5.82 Å². The van der Waals surface area contributed by atoms with E-state index in [1.165, 1.54) is 30.4 Å². The highest BCUT2D eigenvalue weighted by molar-refractivity contribution is 5.97. The van der Waals surface area contributed by atoms with Crippen molar-refractivity contribution < 1.29 is 34.4 Å². The second-order valence-electron chi connectivity index (χ2n) is 8.63. The summed E-state index contributed by atoms with van der Waals surface area (Å²) in [5.41, 5.74) is 0.281. The fourth-order valence-electron chi connectivity index (χ4n) is 3.49. The van der Waals surface area contributed by atoms with E-state index in [2.05, 4.69) is 10.3 Å². The molecular formula is C27H32N2O7. The van der Waals surface area contributed by atoms with E-state index in [9.17, 15) is 24.9 Å². The molecule has 1 aromatic carbocycles. The number of aromatic nitrogens is 1. The van der Waals surface area contributed by atoms with Crippen LogP contribution in [-0.4, -0.2) is 63.5 Å². The molecule has 4 atom stereocenters. The van der Waals surface area contributed by atoms with E-state index in [0.29, 0.717) is 30.9 Å². The Kier molecular flexibility index (Phi) is 9.61. The fourth-order valence-corrected chi connectivity index (χ4v) is 3.49. The standard InChI is InChI=1S/C27H32N2O7/c1-17-10-11-22(31)26(33)21(30)8-5-7-19-15-20(16-23(32)25(19)27(34)36-18(17)2)35-14-6-13-29-24-9-3-4-12-28-24/h3-5,7,9-12,15-18,21,26,30,32-33H,6,8,13-14H2,1-2H3,(H,28,29)/b7-5+,11-10-/t17-,18+,21+,26+/m1/s1. The number of aliphatic hydroxyl groups excluding tert-OH is 2. The predicted molar refractivity (Wildman–Crippen MR) is 135 cm³/mol. The van der Waals surface area contributed by atoms with Crippen LogP contribution in [0.2, 0.25) is 0 Å². The number of hydrogen-bond donors (Lipinski definition) is 4. The smallest absolute Gasteiger partial charge is 0.342 e. The molecule has 0 saturated carbocycles. The molecule has 4 N–H and O–H groups in total. The van der Waals surface area contributed by atoms with E-state index >= 15 is 0 Å². The molecule has 9 nitrogen and oxygen atoms in total. The Balaban J connectivity index is 1.77. The van der Waals surface area contributed by atoms with Gasteiger partial charge in [0, 0.05) is 24.7 Å². The van der Waals surface area contributed by atoms with Crippen LogP contribution in [0.4, 0.5) is 5.82 Å². The Bertz CT molecular complexity index is 1100. The van der Waals surface area contributed by atoms with Crippen molar-refractivity contribution in [2.45, 2.75) is 45.0 Å². The number of carbonyl (C=O) groups excluding carboxylic acids is 2. The number of esters is 1. The van der Waals surface area contributed by atoms with E-state index < -0.39 is 30.1 Å². The van der Waals surface area contributed by atoms with Gasteiger partial charge < -0.3 is 30.1 Å². The fraction of sp³-hybridized carbons (Fsp3) is 0.370. The third-order valence-electron chi connectivity index (χ3n) is 5.81. The molecule has 0 fully saturated rings. The molecule has 2 aromatic rings. The minimum Gasteiger partial charge on any atom is -0.507 e. The number of ether oxygens (including phenoxy) is 2. The number of rotatable bonds is 6. The van der Waals surface area contributed by atoms with E-state index in [1.807, 2.05) is 18.2 Å². The Labute approximate surface area is 210 Å². The topological polar surface area (TPSA) is 138 Å². The number of ketones is 1. The Morgan fingerprint density at radius 2 is 1.97 bits per heavy atom. The molecule has 36 heavy (non-hydrogen) atoms. The molecule has 0 radical (unpaired) electrons. The molecule has 1 aliphatic heterocycles. The number of aliphatic hydroxyl groups is 2. The van der Waals surface area contributed by atoms with Crippen LogP contribution in [0.1, 0.15) is 42.6 Å². The molecule has 192 valence electrons. The quantitative estimate of drug-likeness (QED) is 0.351. The summed E-state index contributed by atoms with van der Waals surface area (Å²) in [6.45, 7) is 4.39. The van der Waals surface area contributed by atoms with Gasteiger partial charge >= 0.3 is 5.97 Å². The minimum atomic E-state index is -1.58. The summed E-state index contributed by atoms with van der Waals surface area (Å²) in [5, 5.41) is 34.2. The lowest BCUT2D eigenvalue weighted by atomic mass is 9.99. The number of phenolic OH excluding ortho intramolecular Hbond substituents is 1. The van der Waals surface area contributed by atoms with Crippen molar-refractivity contribution >= 4 is 23.6 Å². The molecule has 9 heteroatoms. The number of carbonyl (C=O) groups is 2. The van der Waals surface area contributed by atoms with E-state index in [-0.39, 0.29) is 23.7 Å². The summed E-state index contributed by atoms with van der Waals surface area (Å²) in [6.07, 6.45) is 4.49. The van der Waals surface area contributed by atoms with Gasteiger partial charge in [-0.1, -0.05) is 31.2 Å². The van der Waals surface area contributed by atoms with Crippen molar-refractivity contribution in [2.75, 3.05) is 18.5 Å². The molecule has 2 heterocycles. The molecule has 0 saturated heterocycles. The van der Waals surface area contributed by atoms with Crippen LogP contribution in [0.5, 0.6) is 11.5 Å². The molecule has 0 spiro atoms. The van der Waals surface area contributed by atoms with Gasteiger partial charge in [-0.2, -0.15) is 0 Å². The molecular weight excluding hydrogens is 464 g/mol. The van der Waals surface area contributed by atoms with Gasteiger partial charge in [-0.3, -0.25) is 4.79 Å². The van der Waals surface area contributed by atoms with Gasteiger partial charge in [-0.25, -0.2) is 9.78 Å². The highest BCUT2D eigenvalue weighted by atomic mass is 16.5. The largest absolute Gasteiger partial charge is 0.507 e. The normalized spacial score (nSPS) is 24.7. The van der Waals surface area contributed by atoms with Crippen LogP contribution in [-0.2, 0) is 9.53 Å². The number of hydrogen-bond acceptors (Lipinski definition) is 9.